The Labute approximate surface area is 203 Å². The highest BCUT2D eigenvalue weighted by atomic mass is 35.5. The number of piperazine rings is 1. The molecule has 1 fully saturated rings. The van der Waals surface area contributed by atoms with Crippen LogP contribution in [-0.2, 0) is 29.1 Å². The molecule has 1 aliphatic heterocycles. The summed E-state index contributed by atoms with van der Waals surface area (Å²) in [5, 5.41) is 3.31. The second-order valence-corrected chi connectivity index (χ2v) is 9.88. The van der Waals surface area contributed by atoms with E-state index in [9.17, 15) is 18.0 Å². The van der Waals surface area contributed by atoms with E-state index in [0.29, 0.717) is 29.5 Å². The van der Waals surface area contributed by atoms with Gasteiger partial charge in [-0.05, 0) is 31.2 Å². The van der Waals surface area contributed by atoms with Crippen LogP contribution in [0.1, 0.15) is 5.56 Å². The molecule has 0 aliphatic carbocycles. The normalized spacial score (nSPS) is 15.1. The third kappa shape index (κ3) is 5.69. The lowest BCUT2D eigenvalue weighted by Crippen LogP contribution is -2.48. The molecule has 0 amide bonds. The monoisotopic (exact) mass is 507 g/mol. The van der Waals surface area contributed by atoms with Crippen LogP contribution >= 0.6 is 11.6 Å². The molecule has 0 saturated carbocycles. The van der Waals surface area contributed by atoms with Gasteiger partial charge in [-0.25, -0.2) is 18.0 Å². The number of rotatable bonds is 7. The molecule has 3 rings (SSSR count). The van der Waals surface area contributed by atoms with Crippen molar-refractivity contribution in [3.05, 3.63) is 64.8 Å². The van der Waals surface area contributed by atoms with Crippen LogP contribution in [0.3, 0.4) is 0 Å². The molecule has 0 atom stereocenters. The Morgan fingerprint density at radius 1 is 1.00 bits per heavy atom. The number of ether oxygens (including phenoxy) is 2. The standard InChI is InChI=1S/C23H26ClN3O6S/c1-16-7-9-17(10-8-16)34(30,31)27-13-11-26(12-14-27)22-18(24)5-4-6-19(22)25-20(23(29)33-3)15-21(28)32-2/h4-10,15,25H,11-14H2,1-3H3/b20-15+. The number of esters is 2. The molecule has 2 aromatic carbocycles. The first-order valence-electron chi connectivity index (χ1n) is 10.4. The van der Waals surface area contributed by atoms with E-state index in [1.165, 1.54) is 18.5 Å². The fourth-order valence-corrected chi connectivity index (χ4v) is 5.24. The maximum absolute atomic E-state index is 13.0. The summed E-state index contributed by atoms with van der Waals surface area (Å²) in [6, 6.07) is 11.8. The summed E-state index contributed by atoms with van der Waals surface area (Å²) in [4.78, 5) is 26.1. The van der Waals surface area contributed by atoms with Crippen LogP contribution in [0.5, 0.6) is 0 Å². The second kappa shape index (κ2) is 10.9. The van der Waals surface area contributed by atoms with Gasteiger partial charge in [0.05, 0.1) is 41.6 Å². The summed E-state index contributed by atoms with van der Waals surface area (Å²) in [7, 11) is -1.23. The predicted molar refractivity (Wildman–Crippen MR) is 129 cm³/mol. The Morgan fingerprint density at radius 2 is 1.65 bits per heavy atom. The summed E-state index contributed by atoms with van der Waals surface area (Å²) in [5.74, 6) is -1.49. The number of carbonyl (C=O) groups is 2. The quantitative estimate of drug-likeness (QED) is 0.450. The van der Waals surface area contributed by atoms with E-state index < -0.39 is 22.0 Å². The molecule has 0 unspecified atom stereocenters. The van der Waals surface area contributed by atoms with E-state index in [1.54, 1.807) is 42.5 Å². The topological polar surface area (TPSA) is 105 Å². The van der Waals surface area contributed by atoms with Crippen LogP contribution in [0.2, 0.25) is 5.02 Å². The van der Waals surface area contributed by atoms with Gasteiger partial charge in [-0.15, -0.1) is 0 Å². The number of para-hydroxylation sites is 1. The van der Waals surface area contributed by atoms with Gasteiger partial charge in [-0.3, -0.25) is 0 Å². The van der Waals surface area contributed by atoms with E-state index in [2.05, 4.69) is 10.1 Å². The molecular weight excluding hydrogens is 482 g/mol. The highest BCUT2D eigenvalue weighted by Crippen LogP contribution is 2.36. The van der Waals surface area contributed by atoms with Crippen molar-refractivity contribution in [3.8, 4) is 0 Å². The van der Waals surface area contributed by atoms with Gasteiger partial charge in [0.1, 0.15) is 5.70 Å². The molecule has 1 heterocycles. The van der Waals surface area contributed by atoms with Crippen LogP contribution < -0.4 is 10.2 Å². The molecule has 1 aliphatic rings. The van der Waals surface area contributed by atoms with Crippen LogP contribution in [0.4, 0.5) is 11.4 Å². The molecule has 1 saturated heterocycles. The van der Waals surface area contributed by atoms with Crippen LogP contribution in [0.15, 0.2) is 59.1 Å². The third-order valence-corrected chi connectivity index (χ3v) is 7.56. The maximum Gasteiger partial charge on any atom is 0.354 e. The summed E-state index contributed by atoms with van der Waals surface area (Å²) in [5.41, 5.74) is 1.90. The fourth-order valence-electron chi connectivity index (χ4n) is 3.53. The highest BCUT2D eigenvalue weighted by molar-refractivity contribution is 7.89. The van der Waals surface area contributed by atoms with Gasteiger partial charge in [-0.2, -0.15) is 4.31 Å². The van der Waals surface area contributed by atoms with Crippen molar-refractivity contribution in [3.63, 3.8) is 0 Å². The first-order chi connectivity index (χ1) is 16.2. The third-order valence-electron chi connectivity index (χ3n) is 5.34. The van der Waals surface area contributed by atoms with Gasteiger partial charge >= 0.3 is 11.9 Å². The van der Waals surface area contributed by atoms with Gasteiger partial charge in [-0.1, -0.05) is 35.4 Å². The number of anilines is 2. The minimum Gasteiger partial charge on any atom is -0.466 e. The number of carbonyl (C=O) groups excluding carboxylic acids is 2. The Balaban J connectivity index is 1.83. The number of sulfonamides is 1. The van der Waals surface area contributed by atoms with Crippen molar-refractivity contribution in [1.29, 1.82) is 0 Å². The van der Waals surface area contributed by atoms with Gasteiger partial charge in [0, 0.05) is 26.2 Å². The molecule has 0 radical (unpaired) electrons. The van der Waals surface area contributed by atoms with Crippen molar-refractivity contribution in [1.82, 2.24) is 4.31 Å². The molecule has 0 spiro atoms. The molecule has 0 bridgehead atoms. The largest absolute Gasteiger partial charge is 0.466 e. The number of aryl methyl sites for hydroxylation is 1. The van der Waals surface area contributed by atoms with Crippen molar-refractivity contribution in [2.45, 2.75) is 11.8 Å². The van der Waals surface area contributed by atoms with Gasteiger partial charge < -0.3 is 19.7 Å². The van der Waals surface area contributed by atoms with E-state index >= 15 is 0 Å². The zero-order valence-electron chi connectivity index (χ0n) is 19.1. The lowest BCUT2D eigenvalue weighted by atomic mass is 10.2. The minimum atomic E-state index is -3.62. The highest BCUT2D eigenvalue weighted by Gasteiger charge is 2.30. The van der Waals surface area contributed by atoms with Crippen LogP contribution in [-0.4, -0.2) is 65.1 Å². The lowest BCUT2D eigenvalue weighted by Gasteiger charge is -2.36. The predicted octanol–water partition coefficient (Wildman–Crippen LogP) is 2.80. The summed E-state index contributed by atoms with van der Waals surface area (Å²) < 4.78 is 36.8. The first-order valence-corrected chi connectivity index (χ1v) is 12.2. The Bertz CT molecular complexity index is 1190. The molecule has 9 nitrogen and oxygen atoms in total. The zero-order valence-corrected chi connectivity index (χ0v) is 20.6. The molecular formula is C23H26ClN3O6S. The van der Waals surface area contributed by atoms with Gasteiger partial charge in [0.2, 0.25) is 10.0 Å². The Morgan fingerprint density at radius 3 is 2.24 bits per heavy atom. The van der Waals surface area contributed by atoms with E-state index in [-0.39, 0.29) is 23.7 Å². The SMILES string of the molecule is COC(=O)/C=C(/Nc1cccc(Cl)c1N1CCN(S(=O)(=O)c2ccc(C)cc2)CC1)C(=O)OC. The van der Waals surface area contributed by atoms with E-state index in [0.717, 1.165) is 11.6 Å². The summed E-state index contributed by atoms with van der Waals surface area (Å²) >= 11 is 6.49. The molecule has 11 heteroatoms. The number of methoxy groups -OCH3 is 2. The van der Waals surface area contributed by atoms with Crippen molar-refractivity contribution in [2.24, 2.45) is 0 Å². The molecule has 182 valence electrons. The number of nitrogens with one attached hydrogen (secondary N) is 1. The van der Waals surface area contributed by atoms with E-state index in [1.807, 2.05) is 11.8 Å². The lowest BCUT2D eigenvalue weighted by molar-refractivity contribution is -0.138. The zero-order chi connectivity index (χ0) is 24.9. The maximum atomic E-state index is 13.0. The smallest absolute Gasteiger partial charge is 0.354 e. The number of benzene rings is 2. The number of nitrogens with zero attached hydrogens (tertiary/aromatic N) is 2. The first kappa shape index (κ1) is 25.5. The summed E-state index contributed by atoms with van der Waals surface area (Å²) in [6.45, 7) is 3.15. The van der Waals surface area contributed by atoms with Crippen LogP contribution in [0.25, 0.3) is 0 Å². The van der Waals surface area contributed by atoms with E-state index in [4.69, 9.17) is 16.3 Å². The number of halogens is 1. The van der Waals surface area contributed by atoms with Gasteiger partial charge in [0.15, 0.2) is 0 Å². The minimum absolute atomic E-state index is 0.126. The average molecular weight is 508 g/mol. The Hall–Kier alpha value is -3.08. The van der Waals surface area contributed by atoms with Crippen molar-refractivity contribution >= 4 is 44.9 Å². The van der Waals surface area contributed by atoms with Gasteiger partial charge in [0.25, 0.3) is 0 Å². The fraction of sp³-hybridized carbons (Fsp3) is 0.304. The van der Waals surface area contributed by atoms with Crippen molar-refractivity contribution in [2.75, 3.05) is 50.6 Å². The summed E-state index contributed by atoms with van der Waals surface area (Å²) in [6.07, 6.45) is 0.989. The second-order valence-electron chi connectivity index (χ2n) is 7.54. The molecule has 1 N–H and O–H groups in total. The van der Waals surface area contributed by atoms with Crippen molar-refractivity contribution < 1.29 is 27.5 Å². The average Bonchev–Trinajstić information content (AvgIpc) is 2.83. The number of hydrogen-bond acceptors (Lipinski definition) is 8. The molecule has 2 aromatic rings. The molecule has 0 aromatic heterocycles. The van der Waals surface area contributed by atoms with Crippen LogP contribution in [0, 0.1) is 6.92 Å². The molecule has 34 heavy (non-hydrogen) atoms. The Kier molecular flexibility index (Phi) is 8.19. The number of hydrogen-bond donors (Lipinski definition) is 1.